The molecule has 120 valence electrons. The standard InChI is InChI=1S/C20H24N2O/c21-19-8-6-17(7-9-19)15-20(23)22-12-10-18(11-13-22)14-16-4-2-1-3-5-16/h1-9,18H,10-15,21H2. The minimum absolute atomic E-state index is 0.230. The van der Waals surface area contributed by atoms with Gasteiger partial charge in [-0.3, -0.25) is 4.79 Å². The Balaban J connectivity index is 1.48. The molecule has 1 aliphatic heterocycles. The average molecular weight is 308 g/mol. The maximum Gasteiger partial charge on any atom is 0.226 e. The van der Waals surface area contributed by atoms with E-state index in [9.17, 15) is 4.79 Å². The second kappa shape index (κ2) is 7.32. The highest BCUT2D eigenvalue weighted by Crippen LogP contribution is 2.22. The largest absolute Gasteiger partial charge is 0.399 e. The lowest BCUT2D eigenvalue weighted by Gasteiger charge is -2.32. The number of carbonyl (C=O) groups is 1. The fraction of sp³-hybridized carbons (Fsp3) is 0.350. The third-order valence-electron chi connectivity index (χ3n) is 4.67. The quantitative estimate of drug-likeness (QED) is 0.881. The Morgan fingerprint density at radius 1 is 0.957 bits per heavy atom. The first kappa shape index (κ1) is 15.6. The maximum atomic E-state index is 12.4. The van der Waals surface area contributed by atoms with Crippen LogP contribution >= 0.6 is 0 Å². The number of nitrogen functional groups attached to an aromatic ring is 1. The Morgan fingerprint density at radius 2 is 1.61 bits per heavy atom. The summed E-state index contributed by atoms with van der Waals surface area (Å²) in [5, 5.41) is 0. The highest BCUT2D eigenvalue weighted by molar-refractivity contribution is 5.79. The van der Waals surface area contributed by atoms with E-state index < -0.39 is 0 Å². The Morgan fingerprint density at radius 3 is 2.26 bits per heavy atom. The van der Waals surface area contributed by atoms with Crippen LogP contribution < -0.4 is 5.73 Å². The number of benzene rings is 2. The van der Waals surface area contributed by atoms with Crippen LogP contribution in [0.1, 0.15) is 24.0 Å². The number of likely N-dealkylation sites (tertiary alicyclic amines) is 1. The molecule has 2 aromatic rings. The number of hydrogen-bond donors (Lipinski definition) is 1. The molecule has 0 spiro atoms. The van der Waals surface area contributed by atoms with Gasteiger partial charge in [0.15, 0.2) is 0 Å². The molecule has 23 heavy (non-hydrogen) atoms. The lowest BCUT2D eigenvalue weighted by atomic mass is 9.90. The van der Waals surface area contributed by atoms with E-state index in [-0.39, 0.29) is 5.91 Å². The molecule has 0 bridgehead atoms. The van der Waals surface area contributed by atoms with Gasteiger partial charge in [-0.15, -0.1) is 0 Å². The summed E-state index contributed by atoms with van der Waals surface area (Å²) in [4.78, 5) is 14.4. The highest BCUT2D eigenvalue weighted by atomic mass is 16.2. The monoisotopic (exact) mass is 308 g/mol. The zero-order valence-corrected chi connectivity index (χ0v) is 13.4. The van der Waals surface area contributed by atoms with Crippen molar-refractivity contribution in [1.29, 1.82) is 0 Å². The Hall–Kier alpha value is -2.29. The number of nitrogens with two attached hydrogens (primary N) is 1. The smallest absolute Gasteiger partial charge is 0.226 e. The van der Waals surface area contributed by atoms with E-state index in [1.54, 1.807) is 0 Å². The maximum absolute atomic E-state index is 12.4. The molecule has 1 aliphatic rings. The molecule has 0 radical (unpaired) electrons. The van der Waals surface area contributed by atoms with Crippen molar-refractivity contribution in [3.05, 3.63) is 65.7 Å². The minimum Gasteiger partial charge on any atom is -0.399 e. The second-order valence-corrected chi connectivity index (χ2v) is 6.43. The van der Waals surface area contributed by atoms with Gasteiger partial charge in [-0.05, 0) is 48.4 Å². The third-order valence-corrected chi connectivity index (χ3v) is 4.67. The van der Waals surface area contributed by atoms with Crippen LogP contribution in [0.2, 0.25) is 0 Å². The molecule has 2 aromatic carbocycles. The zero-order chi connectivity index (χ0) is 16.1. The summed E-state index contributed by atoms with van der Waals surface area (Å²) in [6, 6.07) is 18.2. The highest BCUT2D eigenvalue weighted by Gasteiger charge is 2.22. The molecule has 1 amide bonds. The molecule has 0 saturated carbocycles. The van der Waals surface area contributed by atoms with Crippen LogP contribution in [0.4, 0.5) is 5.69 Å². The topological polar surface area (TPSA) is 46.3 Å². The van der Waals surface area contributed by atoms with Gasteiger partial charge in [-0.1, -0.05) is 42.5 Å². The fourth-order valence-corrected chi connectivity index (χ4v) is 3.26. The molecule has 3 rings (SSSR count). The molecule has 3 nitrogen and oxygen atoms in total. The van der Waals surface area contributed by atoms with Crippen LogP contribution in [0.25, 0.3) is 0 Å². The number of piperidine rings is 1. The van der Waals surface area contributed by atoms with Crippen LogP contribution in [0.15, 0.2) is 54.6 Å². The molecule has 1 heterocycles. The zero-order valence-electron chi connectivity index (χ0n) is 13.4. The number of carbonyl (C=O) groups excluding carboxylic acids is 1. The van der Waals surface area contributed by atoms with Crippen LogP contribution in [-0.4, -0.2) is 23.9 Å². The van der Waals surface area contributed by atoms with Crippen LogP contribution in [0, 0.1) is 5.92 Å². The van der Waals surface area contributed by atoms with Gasteiger partial charge in [-0.2, -0.15) is 0 Å². The summed E-state index contributed by atoms with van der Waals surface area (Å²) in [5.74, 6) is 0.922. The van der Waals surface area contributed by atoms with Gasteiger partial charge in [0.25, 0.3) is 0 Å². The molecule has 3 heteroatoms. The molecule has 1 saturated heterocycles. The Kier molecular flexibility index (Phi) is 4.96. The van der Waals surface area contributed by atoms with Gasteiger partial charge >= 0.3 is 0 Å². The molecule has 0 aliphatic carbocycles. The lowest BCUT2D eigenvalue weighted by Crippen LogP contribution is -2.39. The van der Waals surface area contributed by atoms with E-state index in [0.717, 1.165) is 43.6 Å². The van der Waals surface area contributed by atoms with E-state index >= 15 is 0 Å². The van der Waals surface area contributed by atoms with Gasteiger partial charge in [0, 0.05) is 18.8 Å². The van der Waals surface area contributed by atoms with Gasteiger partial charge in [0.2, 0.25) is 5.91 Å². The van der Waals surface area contributed by atoms with Gasteiger partial charge < -0.3 is 10.6 Å². The summed E-state index contributed by atoms with van der Waals surface area (Å²) in [6.45, 7) is 1.76. The Bertz CT molecular complexity index is 628. The normalized spacial score (nSPS) is 15.6. The first-order valence-corrected chi connectivity index (χ1v) is 8.37. The fourth-order valence-electron chi connectivity index (χ4n) is 3.26. The molecule has 0 atom stereocenters. The predicted octanol–water partition coefficient (Wildman–Crippen LogP) is 3.29. The minimum atomic E-state index is 0.230. The van der Waals surface area contributed by atoms with Gasteiger partial charge in [0.1, 0.15) is 0 Å². The number of rotatable bonds is 4. The van der Waals surface area contributed by atoms with Crippen molar-refractivity contribution in [1.82, 2.24) is 4.90 Å². The summed E-state index contributed by atoms with van der Waals surface area (Å²) in [6.07, 6.45) is 3.80. The van der Waals surface area contributed by atoms with Crippen molar-refractivity contribution < 1.29 is 4.79 Å². The molecule has 2 N–H and O–H groups in total. The van der Waals surface area contributed by atoms with Crippen molar-refractivity contribution in [2.75, 3.05) is 18.8 Å². The van der Waals surface area contributed by atoms with Gasteiger partial charge in [0.05, 0.1) is 6.42 Å². The average Bonchev–Trinajstić information content (AvgIpc) is 2.58. The van der Waals surface area contributed by atoms with E-state index in [4.69, 9.17) is 5.73 Å². The molecular formula is C20H24N2O. The van der Waals surface area contributed by atoms with Gasteiger partial charge in [-0.25, -0.2) is 0 Å². The second-order valence-electron chi connectivity index (χ2n) is 6.43. The van der Waals surface area contributed by atoms with Crippen LogP contribution in [0.5, 0.6) is 0 Å². The van der Waals surface area contributed by atoms with E-state index in [2.05, 4.69) is 30.3 Å². The van der Waals surface area contributed by atoms with E-state index in [0.29, 0.717) is 12.3 Å². The Labute approximate surface area is 138 Å². The van der Waals surface area contributed by atoms with Crippen molar-refractivity contribution >= 4 is 11.6 Å². The molecule has 1 fully saturated rings. The van der Waals surface area contributed by atoms with E-state index in [1.807, 2.05) is 29.2 Å². The summed E-state index contributed by atoms with van der Waals surface area (Å²) in [5.41, 5.74) is 8.86. The predicted molar refractivity (Wildman–Crippen MR) is 94.0 cm³/mol. The molecule has 0 unspecified atom stereocenters. The summed E-state index contributed by atoms with van der Waals surface area (Å²) < 4.78 is 0. The van der Waals surface area contributed by atoms with Crippen LogP contribution in [0.3, 0.4) is 0 Å². The lowest BCUT2D eigenvalue weighted by molar-refractivity contribution is -0.131. The van der Waals surface area contributed by atoms with Crippen molar-refractivity contribution in [3.8, 4) is 0 Å². The number of amides is 1. The SMILES string of the molecule is Nc1ccc(CC(=O)N2CCC(Cc3ccccc3)CC2)cc1. The first-order valence-electron chi connectivity index (χ1n) is 8.37. The first-order chi connectivity index (χ1) is 11.2. The number of anilines is 1. The molecule has 0 aromatic heterocycles. The number of nitrogens with zero attached hydrogens (tertiary/aromatic N) is 1. The van der Waals surface area contributed by atoms with Crippen molar-refractivity contribution in [2.45, 2.75) is 25.7 Å². The summed E-state index contributed by atoms with van der Waals surface area (Å²) >= 11 is 0. The molecular weight excluding hydrogens is 284 g/mol. The van der Waals surface area contributed by atoms with E-state index in [1.165, 1.54) is 5.56 Å². The summed E-state index contributed by atoms with van der Waals surface area (Å²) in [7, 11) is 0. The van der Waals surface area contributed by atoms with Crippen LogP contribution in [-0.2, 0) is 17.6 Å². The van der Waals surface area contributed by atoms with Crippen molar-refractivity contribution in [3.63, 3.8) is 0 Å². The third kappa shape index (κ3) is 4.35. The van der Waals surface area contributed by atoms with Crippen molar-refractivity contribution in [2.24, 2.45) is 5.92 Å². The number of hydrogen-bond acceptors (Lipinski definition) is 2.